The number of nitrogens with one attached hydrogen (secondary N) is 1. The van der Waals surface area contributed by atoms with Crippen LogP contribution in [0.15, 0.2) is 59.7 Å². The maximum Gasteiger partial charge on any atom is 0.271 e. The second-order valence-electron chi connectivity index (χ2n) is 5.43. The predicted octanol–water partition coefficient (Wildman–Crippen LogP) is 3.32. The molecule has 1 amide bonds. The summed E-state index contributed by atoms with van der Waals surface area (Å²) in [6, 6.07) is 16.1. The molecule has 3 rings (SSSR count). The van der Waals surface area contributed by atoms with Crippen LogP contribution in [-0.4, -0.2) is 22.3 Å². The van der Waals surface area contributed by atoms with Crippen LogP contribution >= 0.6 is 0 Å². The third kappa shape index (κ3) is 3.05. The van der Waals surface area contributed by atoms with E-state index in [0.29, 0.717) is 11.1 Å². The number of benzene rings is 3. The molecule has 0 atom stereocenters. The molecule has 0 aliphatic rings. The molecular weight excluding hydrogens is 304 g/mol. The van der Waals surface area contributed by atoms with E-state index in [1.807, 2.05) is 43.3 Å². The summed E-state index contributed by atoms with van der Waals surface area (Å²) in [5.74, 6) is -0.859. The molecule has 0 bridgehead atoms. The second kappa shape index (κ2) is 6.42. The van der Waals surface area contributed by atoms with Gasteiger partial charge >= 0.3 is 0 Å². The zero-order chi connectivity index (χ0) is 17.1. The molecule has 0 saturated heterocycles. The van der Waals surface area contributed by atoms with Crippen LogP contribution in [0.2, 0.25) is 0 Å². The summed E-state index contributed by atoms with van der Waals surface area (Å²) in [6.07, 6.45) is 1.28. The van der Waals surface area contributed by atoms with Crippen molar-refractivity contribution in [3.63, 3.8) is 0 Å². The number of phenolic OH excluding ortho intramolecular Hbond substituents is 2. The average Bonchev–Trinajstić information content (AvgIpc) is 2.58. The second-order valence-corrected chi connectivity index (χ2v) is 5.43. The maximum atomic E-state index is 12.3. The van der Waals surface area contributed by atoms with Gasteiger partial charge in [-0.15, -0.1) is 0 Å². The van der Waals surface area contributed by atoms with Crippen LogP contribution in [0.3, 0.4) is 0 Å². The molecule has 0 fully saturated rings. The number of nitrogens with zero attached hydrogens (tertiary/aromatic N) is 1. The number of hydrogen-bond donors (Lipinski definition) is 3. The molecular formula is C19H16N2O3. The van der Waals surface area contributed by atoms with E-state index in [2.05, 4.69) is 10.5 Å². The number of carbonyl (C=O) groups is 1. The minimum atomic E-state index is -0.339. The Morgan fingerprint density at radius 2 is 1.75 bits per heavy atom. The normalized spacial score (nSPS) is 11.0. The molecule has 3 aromatic carbocycles. The minimum absolute atomic E-state index is 0.240. The third-order valence-electron chi connectivity index (χ3n) is 3.75. The fourth-order valence-electron chi connectivity index (χ4n) is 2.47. The Morgan fingerprint density at radius 1 is 1.04 bits per heavy atom. The van der Waals surface area contributed by atoms with Crippen molar-refractivity contribution in [2.24, 2.45) is 5.10 Å². The van der Waals surface area contributed by atoms with Crippen LogP contribution in [0.5, 0.6) is 11.5 Å². The van der Waals surface area contributed by atoms with E-state index in [0.717, 1.165) is 16.3 Å². The van der Waals surface area contributed by atoms with Crippen molar-refractivity contribution >= 4 is 22.9 Å². The fourth-order valence-corrected chi connectivity index (χ4v) is 2.47. The zero-order valence-corrected chi connectivity index (χ0v) is 13.0. The van der Waals surface area contributed by atoms with Crippen LogP contribution in [0.1, 0.15) is 21.5 Å². The van der Waals surface area contributed by atoms with Crippen molar-refractivity contribution in [3.8, 4) is 11.5 Å². The van der Waals surface area contributed by atoms with Gasteiger partial charge in [-0.25, -0.2) is 5.43 Å². The van der Waals surface area contributed by atoms with Gasteiger partial charge in [0.15, 0.2) is 11.5 Å². The first kappa shape index (κ1) is 15.6. The van der Waals surface area contributed by atoms with E-state index in [4.69, 9.17) is 0 Å². The monoisotopic (exact) mass is 320 g/mol. The van der Waals surface area contributed by atoms with Crippen molar-refractivity contribution in [1.29, 1.82) is 0 Å². The summed E-state index contributed by atoms with van der Waals surface area (Å²) in [5.41, 5.74) is 4.13. The molecule has 5 nitrogen and oxygen atoms in total. The lowest BCUT2D eigenvalue weighted by Gasteiger charge is -2.07. The van der Waals surface area contributed by atoms with Crippen molar-refractivity contribution in [3.05, 3.63) is 71.3 Å². The Hall–Kier alpha value is -3.34. The highest BCUT2D eigenvalue weighted by Crippen LogP contribution is 2.26. The number of hydrazone groups is 1. The largest absolute Gasteiger partial charge is 0.504 e. The van der Waals surface area contributed by atoms with Crippen molar-refractivity contribution < 1.29 is 15.0 Å². The lowest BCUT2D eigenvalue weighted by molar-refractivity contribution is 0.0954. The number of amides is 1. The van der Waals surface area contributed by atoms with E-state index in [1.165, 1.54) is 12.3 Å². The van der Waals surface area contributed by atoms with E-state index >= 15 is 0 Å². The Kier molecular flexibility index (Phi) is 4.16. The van der Waals surface area contributed by atoms with Crippen molar-refractivity contribution in [2.75, 3.05) is 0 Å². The molecule has 0 unspecified atom stereocenters. The Bertz CT molecular complexity index is 948. The van der Waals surface area contributed by atoms with Crippen molar-refractivity contribution in [2.45, 2.75) is 6.92 Å². The molecule has 0 aromatic heterocycles. The first-order chi connectivity index (χ1) is 11.6. The zero-order valence-electron chi connectivity index (χ0n) is 13.0. The first-order valence-electron chi connectivity index (χ1n) is 7.40. The molecule has 3 aromatic rings. The van der Waals surface area contributed by atoms with E-state index in [9.17, 15) is 15.0 Å². The fraction of sp³-hybridized carbons (Fsp3) is 0.0526. The quantitative estimate of drug-likeness (QED) is 0.393. The van der Waals surface area contributed by atoms with Gasteiger partial charge in [-0.3, -0.25) is 4.79 Å². The number of hydrogen-bond acceptors (Lipinski definition) is 4. The minimum Gasteiger partial charge on any atom is -0.504 e. The highest BCUT2D eigenvalue weighted by molar-refractivity contribution is 6.00. The molecule has 120 valence electrons. The molecule has 3 N–H and O–H groups in total. The van der Waals surface area contributed by atoms with Gasteiger partial charge in [-0.2, -0.15) is 5.10 Å². The van der Waals surface area contributed by atoms with Gasteiger partial charge in [-0.1, -0.05) is 36.4 Å². The molecule has 0 aliphatic carbocycles. The SMILES string of the molecule is Cc1cc2ccccc2cc1C(=O)NN=Cc1cccc(O)c1O. The molecule has 0 spiro atoms. The summed E-state index contributed by atoms with van der Waals surface area (Å²) < 4.78 is 0. The van der Waals surface area contributed by atoms with Gasteiger partial charge in [0.2, 0.25) is 0 Å². The van der Waals surface area contributed by atoms with Crippen LogP contribution in [0.4, 0.5) is 0 Å². The Morgan fingerprint density at radius 3 is 2.50 bits per heavy atom. The molecule has 24 heavy (non-hydrogen) atoms. The van der Waals surface area contributed by atoms with Gasteiger partial charge < -0.3 is 10.2 Å². The summed E-state index contributed by atoms with van der Waals surface area (Å²) in [4.78, 5) is 12.3. The molecule has 0 heterocycles. The number of rotatable bonds is 3. The lowest BCUT2D eigenvalue weighted by Crippen LogP contribution is -2.18. The van der Waals surface area contributed by atoms with Crippen LogP contribution in [0.25, 0.3) is 10.8 Å². The molecule has 5 heteroatoms. The van der Waals surface area contributed by atoms with Gasteiger partial charge in [0, 0.05) is 11.1 Å². The van der Waals surface area contributed by atoms with Crippen LogP contribution < -0.4 is 5.43 Å². The smallest absolute Gasteiger partial charge is 0.271 e. The van der Waals surface area contributed by atoms with E-state index < -0.39 is 0 Å². The summed E-state index contributed by atoms with van der Waals surface area (Å²) in [7, 11) is 0. The third-order valence-corrected chi connectivity index (χ3v) is 3.75. The summed E-state index contributed by atoms with van der Waals surface area (Å²) in [5, 5.41) is 25.0. The number of phenols is 2. The summed E-state index contributed by atoms with van der Waals surface area (Å²) in [6.45, 7) is 1.87. The number of carbonyl (C=O) groups excluding carboxylic acids is 1. The Balaban J connectivity index is 1.81. The number of fused-ring (bicyclic) bond motifs is 1. The van der Waals surface area contributed by atoms with Gasteiger partial charge in [0.25, 0.3) is 5.91 Å². The summed E-state index contributed by atoms with van der Waals surface area (Å²) >= 11 is 0. The number of aryl methyl sites for hydroxylation is 1. The van der Waals surface area contributed by atoms with Gasteiger partial charge in [0.05, 0.1) is 6.21 Å². The maximum absolute atomic E-state index is 12.3. The van der Waals surface area contributed by atoms with Crippen LogP contribution in [0, 0.1) is 6.92 Å². The van der Waals surface area contributed by atoms with E-state index in [1.54, 1.807) is 12.1 Å². The number of aromatic hydroxyl groups is 2. The molecule has 0 saturated carbocycles. The molecule has 0 aliphatic heterocycles. The van der Waals surface area contributed by atoms with Crippen molar-refractivity contribution in [1.82, 2.24) is 5.43 Å². The van der Waals surface area contributed by atoms with Crippen LogP contribution in [-0.2, 0) is 0 Å². The number of para-hydroxylation sites is 1. The van der Waals surface area contributed by atoms with Gasteiger partial charge in [0.1, 0.15) is 0 Å². The Labute approximate surface area is 138 Å². The lowest BCUT2D eigenvalue weighted by atomic mass is 10.0. The van der Waals surface area contributed by atoms with E-state index in [-0.39, 0.29) is 17.4 Å². The standard InChI is InChI=1S/C19H16N2O3/c1-12-9-13-5-2-3-6-14(13)10-16(12)19(24)21-20-11-15-7-4-8-17(22)18(15)23/h2-11,22-23H,1H3,(H,21,24). The predicted molar refractivity (Wildman–Crippen MR) is 93.5 cm³/mol. The highest BCUT2D eigenvalue weighted by atomic mass is 16.3. The molecule has 0 radical (unpaired) electrons. The topological polar surface area (TPSA) is 81.9 Å². The highest BCUT2D eigenvalue weighted by Gasteiger charge is 2.10. The van der Waals surface area contributed by atoms with Gasteiger partial charge in [-0.05, 0) is 41.5 Å². The average molecular weight is 320 g/mol. The first-order valence-corrected chi connectivity index (χ1v) is 7.40.